The van der Waals surface area contributed by atoms with Crippen LogP contribution in [0.2, 0.25) is 0 Å². The van der Waals surface area contributed by atoms with Gasteiger partial charge in [0.05, 0.1) is 23.3 Å². The summed E-state index contributed by atoms with van der Waals surface area (Å²) in [4.78, 5) is 14.8. The van der Waals surface area contributed by atoms with Gasteiger partial charge in [0.25, 0.3) is 5.91 Å². The van der Waals surface area contributed by atoms with Crippen molar-refractivity contribution in [2.75, 3.05) is 16.8 Å². The Morgan fingerprint density at radius 1 is 1.23 bits per heavy atom. The third-order valence-corrected chi connectivity index (χ3v) is 6.15. The fourth-order valence-corrected chi connectivity index (χ4v) is 4.59. The molecule has 1 aliphatic rings. The molecule has 1 saturated heterocycles. The molecule has 1 N–H and O–H groups in total. The number of hydrogen-bond donors (Lipinski definition) is 1. The molecule has 0 saturated carbocycles. The number of nitrogens with one attached hydrogen (secondary N) is 1. The summed E-state index contributed by atoms with van der Waals surface area (Å²) in [7, 11) is 0. The zero-order valence-corrected chi connectivity index (χ0v) is 17.4. The van der Waals surface area contributed by atoms with Gasteiger partial charge in [-0.05, 0) is 50.1 Å². The smallest absolute Gasteiger partial charge is 0.261 e. The van der Waals surface area contributed by atoms with Crippen LogP contribution in [0.3, 0.4) is 0 Å². The van der Waals surface area contributed by atoms with Gasteiger partial charge in [-0.3, -0.25) is 10.1 Å². The Kier molecular flexibility index (Phi) is 4.85. The average molecular weight is 440 g/mol. The van der Waals surface area contributed by atoms with E-state index in [-0.39, 0.29) is 11.9 Å². The largest absolute Gasteiger partial charge is 0.364 e. The van der Waals surface area contributed by atoms with Crippen LogP contribution in [0.15, 0.2) is 42.7 Å². The maximum atomic E-state index is 14.4. The zero-order valence-electron chi connectivity index (χ0n) is 16.5. The molecule has 4 heterocycles. The summed E-state index contributed by atoms with van der Waals surface area (Å²) >= 11 is 1.29. The Balaban J connectivity index is 1.48. The number of benzene rings is 1. The molecular weight excluding hydrogens is 422 g/mol. The van der Waals surface area contributed by atoms with Crippen molar-refractivity contribution in [3.8, 4) is 0 Å². The molecule has 4 aromatic rings. The second-order valence-electron chi connectivity index (χ2n) is 7.37. The molecule has 1 atom stereocenters. The number of carbonyl (C=O) groups excluding carboxylic acids is 1. The molecule has 31 heavy (non-hydrogen) atoms. The Labute approximate surface area is 180 Å². The van der Waals surface area contributed by atoms with Crippen molar-refractivity contribution < 1.29 is 13.6 Å². The molecule has 0 bridgehead atoms. The van der Waals surface area contributed by atoms with Crippen molar-refractivity contribution in [2.24, 2.45) is 0 Å². The van der Waals surface area contributed by atoms with Crippen LogP contribution in [-0.2, 0) is 0 Å². The van der Waals surface area contributed by atoms with E-state index in [1.807, 2.05) is 24.0 Å². The fourth-order valence-electron chi connectivity index (χ4n) is 4.00. The summed E-state index contributed by atoms with van der Waals surface area (Å²) in [6, 6.07) is 7.00. The zero-order chi connectivity index (χ0) is 21.5. The van der Waals surface area contributed by atoms with Crippen LogP contribution in [0, 0.1) is 18.6 Å². The molecule has 0 aliphatic carbocycles. The maximum absolute atomic E-state index is 14.4. The predicted molar refractivity (Wildman–Crippen MR) is 113 cm³/mol. The second kappa shape index (κ2) is 7.69. The number of aromatic nitrogens is 4. The number of aryl methyl sites for hydroxylation is 1. The highest BCUT2D eigenvalue weighted by Gasteiger charge is 2.29. The normalized spacial score (nSPS) is 16.2. The number of halogens is 2. The van der Waals surface area contributed by atoms with E-state index in [1.165, 1.54) is 29.7 Å². The van der Waals surface area contributed by atoms with E-state index >= 15 is 0 Å². The molecule has 0 unspecified atom stereocenters. The van der Waals surface area contributed by atoms with Gasteiger partial charge in [0.1, 0.15) is 16.6 Å². The number of anilines is 2. The molecule has 7 nitrogen and oxygen atoms in total. The lowest BCUT2D eigenvalue weighted by molar-refractivity contribution is 0.102. The highest BCUT2D eigenvalue weighted by Crippen LogP contribution is 2.38. The molecule has 0 radical (unpaired) electrons. The molecule has 1 amide bonds. The minimum Gasteiger partial charge on any atom is -0.364 e. The van der Waals surface area contributed by atoms with E-state index < -0.39 is 11.6 Å². The molecule has 5 rings (SSSR count). The van der Waals surface area contributed by atoms with Crippen LogP contribution in [0.1, 0.15) is 39.8 Å². The summed E-state index contributed by atoms with van der Waals surface area (Å²) in [6.45, 7) is 2.51. The quantitative estimate of drug-likeness (QED) is 0.510. The Morgan fingerprint density at radius 3 is 2.90 bits per heavy atom. The summed E-state index contributed by atoms with van der Waals surface area (Å²) < 4.78 is 29.8. The molecule has 10 heteroatoms. The van der Waals surface area contributed by atoms with Crippen molar-refractivity contribution >= 4 is 33.6 Å². The van der Waals surface area contributed by atoms with Crippen LogP contribution in [0.4, 0.5) is 19.6 Å². The maximum Gasteiger partial charge on any atom is 0.261 e. The molecule has 1 fully saturated rings. The lowest BCUT2D eigenvalue weighted by atomic mass is 10.0. The van der Waals surface area contributed by atoms with Crippen LogP contribution < -0.4 is 10.2 Å². The monoisotopic (exact) mass is 440 g/mol. The number of carbonyl (C=O) groups is 1. The molecular formula is C21H18F2N6OS. The van der Waals surface area contributed by atoms with Crippen LogP contribution in [-0.4, -0.2) is 32.3 Å². The topological polar surface area (TPSA) is 75.4 Å². The van der Waals surface area contributed by atoms with Crippen LogP contribution in [0.5, 0.6) is 0 Å². The van der Waals surface area contributed by atoms with Gasteiger partial charge in [-0.2, -0.15) is 5.10 Å². The second-order valence-corrected chi connectivity index (χ2v) is 8.55. The van der Waals surface area contributed by atoms with E-state index in [0.29, 0.717) is 34.7 Å². The van der Waals surface area contributed by atoms with Crippen LogP contribution >= 0.6 is 11.3 Å². The van der Waals surface area contributed by atoms with Gasteiger partial charge < -0.3 is 4.90 Å². The Bertz CT molecular complexity index is 1290. The number of hydrogen-bond acceptors (Lipinski definition) is 6. The summed E-state index contributed by atoms with van der Waals surface area (Å²) in [6.07, 6.45) is 4.83. The van der Waals surface area contributed by atoms with E-state index in [2.05, 4.69) is 20.6 Å². The molecule has 1 aromatic carbocycles. The highest BCUT2D eigenvalue weighted by atomic mass is 32.1. The first-order valence-corrected chi connectivity index (χ1v) is 10.6. The third kappa shape index (κ3) is 3.63. The Hall–Kier alpha value is -3.40. The van der Waals surface area contributed by atoms with E-state index in [4.69, 9.17) is 0 Å². The number of nitrogens with zero attached hydrogens (tertiary/aromatic N) is 5. The summed E-state index contributed by atoms with van der Waals surface area (Å²) in [5.41, 5.74) is 2.17. The SMILES string of the molecule is Cc1nnc(NC(=O)c2cnn3ccc(N4CCC[C@@H]4c4cc(F)ccc4F)cc23)s1. The number of fused-ring (bicyclic) bond motifs is 1. The molecule has 0 spiro atoms. The van der Waals surface area contributed by atoms with Gasteiger partial charge in [-0.25, -0.2) is 13.3 Å². The highest BCUT2D eigenvalue weighted by molar-refractivity contribution is 7.15. The van der Waals surface area contributed by atoms with Crippen molar-refractivity contribution in [1.82, 2.24) is 19.8 Å². The van der Waals surface area contributed by atoms with Crippen molar-refractivity contribution in [3.05, 3.63) is 70.5 Å². The van der Waals surface area contributed by atoms with Crippen molar-refractivity contribution in [1.29, 1.82) is 0 Å². The molecule has 3 aromatic heterocycles. The van der Waals surface area contributed by atoms with Gasteiger partial charge >= 0.3 is 0 Å². The van der Waals surface area contributed by atoms with E-state index in [9.17, 15) is 13.6 Å². The lowest BCUT2D eigenvalue weighted by Gasteiger charge is -2.27. The minimum atomic E-state index is -0.458. The molecule has 1 aliphatic heterocycles. The molecule has 158 valence electrons. The van der Waals surface area contributed by atoms with E-state index in [0.717, 1.165) is 23.2 Å². The first-order chi connectivity index (χ1) is 15.0. The number of amides is 1. The first kappa shape index (κ1) is 19.6. The number of pyridine rings is 1. The Morgan fingerprint density at radius 2 is 2.10 bits per heavy atom. The van der Waals surface area contributed by atoms with Crippen molar-refractivity contribution in [2.45, 2.75) is 25.8 Å². The van der Waals surface area contributed by atoms with Gasteiger partial charge in [0.2, 0.25) is 5.13 Å². The third-order valence-electron chi connectivity index (χ3n) is 5.40. The predicted octanol–water partition coefficient (Wildman–Crippen LogP) is 4.37. The van der Waals surface area contributed by atoms with Crippen LogP contribution in [0.25, 0.3) is 5.52 Å². The van der Waals surface area contributed by atoms with Crippen molar-refractivity contribution in [3.63, 3.8) is 0 Å². The first-order valence-electron chi connectivity index (χ1n) is 9.80. The van der Waals surface area contributed by atoms with E-state index in [1.54, 1.807) is 10.7 Å². The van der Waals surface area contributed by atoms with Gasteiger partial charge in [0.15, 0.2) is 0 Å². The summed E-state index contributed by atoms with van der Waals surface area (Å²) in [5, 5.41) is 16.0. The fraction of sp³-hybridized carbons (Fsp3) is 0.238. The van der Waals surface area contributed by atoms with Gasteiger partial charge in [-0.1, -0.05) is 11.3 Å². The number of rotatable bonds is 4. The van der Waals surface area contributed by atoms with Gasteiger partial charge in [0, 0.05) is 24.0 Å². The standard InChI is InChI=1S/C21H18F2N6OS/c1-12-26-27-21(31-12)25-20(30)16-11-24-29-8-6-14(10-19(16)29)28-7-2-3-18(28)15-9-13(22)4-5-17(15)23/h4-6,8-11,18H,2-3,7H2,1H3,(H,25,27,30)/t18-/m1/s1. The summed E-state index contributed by atoms with van der Waals surface area (Å²) in [5.74, 6) is -1.21. The van der Waals surface area contributed by atoms with Gasteiger partial charge in [-0.15, -0.1) is 10.2 Å². The lowest BCUT2D eigenvalue weighted by Crippen LogP contribution is -2.23. The average Bonchev–Trinajstić information content (AvgIpc) is 3.48. The minimum absolute atomic E-state index is 0.275.